The van der Waals surface area contributed by atoms with E-state index in [-0.39, 0.29) is 82.5 Å². The highest BCUT2D eigenvalue weighted by atomic mass is 32.2. The van der Waals surface area contributed by atoms with Gasteiger partial charge in [0.2, 0.25) is 17.8 Å². The number of nitrogens with two attached hydrogens (primary N) is 1. The van der Waals surface area contributed by atoms with Crippen LogP contribution in [0.4, 0.5) is 0 Å². The van der Waals surface area contributed by atoms with Gasteiger partial charge in [0.15, 0.2) is 0 Å². The summed E-state index contributed by atoms with van der Waals surface area (Å²) in [5.74, 6) is -2.91. The molecule has 0 bridgehead atoms. The summed E-state index contributed by atoms with van der Waals surface area (Å²) in [7, 11) is -4.17. The second-order valence-electron chi connectivity index (χ2n) is 23.2. The number of hydrogen-bond acceptors (Lipinski definition) is 17. The van der Waals surface area contributed by atoms with E-state index < -0.39 is 74.2 Å². The van der Waals surface area contributed by atoms with Crippen molar-refractivity contribution < 1.29 is 61.2 Å². The molecule has 0 radical (unpaired) electrons. The molecule has 1 aromatic carbocycles. The molecule has 0 saturated carbocycles. The number of hydrogen-bond donors (Lipinski definition) is 5. The Morgan fingerprint density at radius 3 is 1.56 bits per heavy atom. The lowest BCUT2D eigenvalue weighted by atomic mass is 9.94. The summed E-state index contributed by atoms with van der Waals surface area (Å²) in [6.07, 6.45) is 1.48. The van der Waals surface area contributed by atoms with E-state index in [0.29, 0.717) is 75.4 Å². The van der Waals surface area contributed by atoms with Gasteiger partial charge in [-0.05, 0) is 139 Å². The van der Waals surface area contributed by atoms with Gasteiger partial charge >= 0.3 is 23.9 Å². The lowest BCUT2D eigenvalue weighted by molar-refractivity contribution is -0.158. The molecule has 2 heterocycles. The van der Waals surface area contributed by atoms with Crippen molar-refractivity contribution in [3.05, 3.63) is 22.3 Å². The number of guanidine groups is 1. The maximum atomic E-state index is 14.1. The summed E-state index contributed by atoms with van der Waals surface area (Å²) in [5, 5.41) is 14.8. The topological polar surface area (TPSA) is 281 Å². The summed E-state index contributed by atoms with van der Waals surface area (Å²) in [4.78, 5) is 90.4. The van der Waals surface area contributed by atoms with Crippen LogP contribution in [0.25, 0.3) is 0 Å². The monoisotopic (exact) mass is 1080 g/mol. The van der Waals surface area contributed by atoms with Crippen LogP contribution in [0.5, 0.6) is 5.75 Å². The molecule has 0 aliphatic carbocycles. The van der Waals surface area contributed by atoms with E-state index >= 15 is 0 Å². The van der Waals surface area contributed by atoms with E-state index in [4.69, 9.17) is 29.8 Å². The van der Waals surface area contributed by atoms with Crippen molar-refractivity contribution in [3.8, 4) is 5.75 Å². The van der Waals surface area contributed by atoms with Crippen molar-refractivity contribution in [1.82, 2.24) is 35.0 Å². The number of carboxylic acid groups (broad SMARTS) is 1. The van der Waals surface area contributed by atoms with Crippen LogP contribution in [0.1, 0.15) is 131 Å². The summed E-state index contributed by atoms with van der Waals surface area (Å²) in [5.41, 5.74) is 6.14. The third-order valence-electron chi connectivity index (χ3n) is 12.1. The molecule has 6 N–H and O–H groups in total. The first kappa shape index (κ1) is 64.2. The number of amides is 2. The Hall–Kier alpha value is -5.10. The number of aliphatic imine (C=N–C) groups is 1. The van der Waals surface area contributed by atoms with Crippen LogP contribution in [0.2, 0.25) is 0 Å². The van der Waals surface area contributed by atoms with E-state index in [2.05, 4.69) is 20.3 Å². The second kappa shape index (κ2) is 27.8. The van der Waals surface area contributed by atoms with Gasteiger partial charge in [-0.15, -0.1) is 0 Å². The van der Waals surface area contributed by atoms with Gasteiger partial charge in [0.05, 0.1) is 31.1 Å². The number of aliphatic carboxylic acids is 1. The Labute approximate surface area is 445 Å². The molecule has 0 aromatic heterocycles. The zero-order valence-electron chi connectivity index (χ0n) is 47.3. The van der Waals surface area contributed by atoms with E-state index in [1.165, 1.54) is 0 Å². The molecule has 1 saturated heterocycles. The Morgan fingerprint density at radius 1 is 0.693 bits per heavy atom. The second-order valence-corrected chi connectivity index (χ2v) is 24.8. The third-order valence-corrected chi connectivity index (χ3v) is 13.7. The van der Waals surface area contributed by atoms with Crippen molar-refractivity contribution in [2.45, 2.75) is 169 Å². The fourth-order valence-corrected chi connectivity index (χ4v) is 10.2. The standard InChI is InChI=1S/C52H89N9O13S/c1-35-36(2)46(37(3)38-30-52(13,14)74-45(35)38)75(69,70)57-48(53)55-21-17-18-39(47(68)54-20-16-15-19-41(63)64)56-40(62)31-58-22-24-59(32-42(65)71-49(4,5)6)26-28-61(34-44(67)73-51(10,11)12)29-27-60(25-23-58)33-43(66)72-50(7,8)9/h39H,15-34H2,1-14H3,(H,54,68)(H,56,62)(H,63,64)(H3,53,55,57)/t39-/m0/s1. The number of fused-ring (bicyclic) bond motifs is 1. The summed E-state index contributed by atoms with van der Waals surface area (Å²) in [6.45, 7) is 27.7. The van der Waals surface area contributed by atoms with Crippen LogP contribution in [0.3, 0.4) is 0 Å². The van der Waals surface area contributed by atoms with Crippen molar-refractivity contribution in [3.63, 3.8) is 0 Å². The fourth-order valence-electron chi connectivity index (χ4n) is 8.69. The van der Waals surface area contributed by atoms with Gasteiger partial charge < -0.3 is 40.4 Å². The Balaban J connectivity index is 1.85. The van der Waals surface area contributed by atoms with Crippen molar-refractivity contribution in [1.29, 1.82) is 0 Å². The molecule has 23 heteroatoms. The van der Waals surface area contributed by atoms with Crippen LogP contribution in [0.15, 0.2) is 9.89 Å². The van der Waals surface area contributed by atoms with Crippen LogP contribution in [0, 0.1) is 20.8 Å². The van der Waals surface area contributed by atoms with Crippen LogP contribution in [-0.4, -0.2) is 195 Å². The molecule has 2 aliphatic heterocycles. The predicted molar refractivity (Wildman–Crippen MR) is 285 cm³/mol. The van der Waals surface area contributed by atoms with Gasteiger partial charge in [-0.3, -0.25) is 53.4 Å². The van der Waals surface area contributed by atoms with Gasteiger partial charge in [-0.2, -0.15) is 0 Å². The molecule has 3 rings (SSSR count). The Kier molecular flexibility index (Phi) is 23.8. The normalized spacial score (nSPS) is 17.3. The first-order chi connectivity index (χ1) is 34.5. The largest absolute Gasteiger partial charge is 0.487 e. The number of esters is 3. The highest BCUT2D eigenvalue weighted by Gasteiger charge is 2.37. The molecule has 22 nitrogen and oxygen atoms in total. The van der Waals surface area contributed by atoms with Gasteiger partial charge in [0.25, 0.3) is 10.0 Å². The van der Waals surface area contributed by atoms with E-state index in [1.54, 1.807) is 76.2 Å². The number of nitrogens with zero attached hydrogens (tertiary/aromatic N) is 5. The van der Waals surface area contributed by atoms with Crippen LogP contribution >= 0.6 is 0 Å². The highest BCUT2D eigenvalue weighted by molar-refractivity contribution is 7.90. The number of ether oxygens (including phenoxy) is 4. The number of nitrogens with one attached hydrogen (secondary N) is 3. The number of unbranched alkanes of at least 4 members (excludes halogenated alkanes) is 1. The number of rotatable bonds is 21. The van der Waals surface area contributed by atoms with Gasteiger partial charge in [-0.25, -0.2) is 13.1 Å². The quantitative estimate of drug-likeness (QED) is 0.0389. The molecule has 426 valence electrons. The molecule has 1 aromatic rings. The minimum Gasteiger partial charge on any atom is -0.487 e. The van der Waals surface area contributed by atoms with Crippen molar-refractivity contribution in [2.24, 2.45) is 10.7 Å². The Bertz CT molecular complexity index is 2260. The SMILES string of the molecule is Cc1c(C)c(S(=O)(=O)NC(N)=NCCC[C@H](NC(=O)CN2CCN(CC(=O)OC(C)(C)C)CCN(CC(=O)OC(C)(C)C)CCN(CC(=O)OC(C)(C)C)CC2)C(=O)NCCCCC(=O)O)c(C)c2c1OC(C)(C)C2. The molecular formula is C52H89N9O13S. The number of carbonyl (C=O) groups excluding carboxylic acids is 5. The lowest BCUT2D eigenvalue weighted by Gasteiger charge is -2.34. The molecule has 1 atom stereocenters. The zero-order valence-corrected chi connectivity index (χ0v) is 48.1. The molecule has 1 fully saturated rings. The molecular weight excluding hydrogens is 991 g/mol. The number of benzene rings is 1. The van der Waals surface area contributed by atoms with Crippen molar-refractivity contribution in [2.75, 3.05) is 91.6 Å². The summed E-state index contributed by atoms with van der Waals surface area (Å²) < 4.78 is 53.2. The van der Waals surface area contributed by atoms with E-state index in [1.807, 2.05) is 40.4 Å². The highest BCUT2D eigenvalue weighted by Crippen LogP contribution is 2.43. The molecule has 2 aliphatic rings. The summed E-state index contributed by atoms with van der Waals surface area (Å²) in [6, 6.07) is -1.06. The number of carbonyl (C=O) groups is 6. The van der Waals surface area contributed by atoms with Crippen LogP contribution in [-0.2, 0) is 59.4 Å². The minimum absolute atomic E-state index is 0.00187. The average Bonchev–Trinajstić information content (AvgIpc) is 3.57. The smallest absolute Gasteiger partial charge is 0.320 e. The molecule has 0 spiro atoms. The third kappa shape index (κ3) is 23.8. The van der Waals surface area contributed by atoms with Gasteiger partial charge in [0.1, 0.15) is 34.2 Å². The minimum atomic E-state index is -4.17. The Morgan fingerprint density at radius 2 is 1.13 bits per heavy atom. The number of sulfonamides is 1. The molecule has 75 heavy (non-hydrogen) atoms. The number of carboxylic acids is 1. The van der Waals surface area contributed by atoms with Gasteiger partial charge in [-0.1, -0.05) is 0 Å². The average molecular weight is 1080 g/mol. The lowest BCUT2D eigenvalue weighted by Crippen LogP contribution is -2.52. The first-order valence-corrected chi connectivity index (χ1v) is 27.5. The van der Waals surface area contributed by atoms with E-state index in [0.717, 1.165) is 11.1 Å². The van der Waals surface area contributed by atoms with Crippen LogP contribution < -0.4 is 25.8 Å². The maximum absolute atomic E-state index is 14.1. The first-order valence-electron chi connectivity index (χ1n) is 26.0. The predicted octanol–water partition coefficient (Wildman–Crippen LogP) is 2.80. The fraction of sp³-hybridized carbons (Fsp3) is 0.750. The van der Waals surface area contributed by atoms with Gasteiger partial charge in [0, 0.05) is 83.9 Å². The van der Waals surface area contributed by atoms with E-state index in [9.17, 15) is 37.2 Å². The maximum Gasteiger partial charge on any atom is 0.320 e. The molecule has 0 unspecified atom stereocenters. The zero-order chi connectivity index (χ0) is 56.7. The van der Waals surface area contributed by atoms with Crippen molar-refractivity contribution >= 4 is 51.7 Å². The molecule has 2 amide bonds. The summed E-state index contributed by atoms with van der Waals surface area (Å²) >= 11 is 0.